The molecule has 0 atom stereocenters. The van der Waals surface area contributed by atoms with E-state index >= 15 is 0 Å². The number of amides is 2. The first kappa shape index (κ1) is 24.9. The fourth-order valence-electron chi connectivity index (χ4n) is 5.45. The Balaban J connectivity index is 1.12. The van der Waals surface area contributed by atoms with E-state index in [1.165, 1.54) is 0 Å². The SMILES string of the molecule is CNC(=O)c1ccc2c(N3CCN(CCc4cccc5c4OCc4c(C(=O)NC)ncn4-5)CC3)cccc2n1. The molecule has 2 aliphatic rings. The molecule has 10 heteroatoms. The Morgan fingerprint density at radius 2 is 1.69 bits per heavy atom. The summed E-state index contributed by atoms with van der Waals surface area (Å²) in [5.74, 6) is 0.475. The third kappa shape index (κ3) is 4.57. The number of pyridine rings is 1. The first-order valence-electron chi connectivity index (χ1n) is 13.2. The fraction of sp³-hybridized carbons (Fsp3) is 0.310. The van der Waals surface area contributed by atoms with Gasteiger partial charge in [-0.15, -0.1) is 0 Å². The minimum Gasteiger partial charge on any atom is -0.485 e. The predicted octanol–water partition coefficient (Wildman–Crippen LogP) is 2.40. The molecule has 2 aliphatic heterocycles. The molecule has 0 bridgehead atoms. The van der Waals surface area contributed by atoms with Gasteiger partial charge in [-0.1, -0.05) is 18.2 Å². The van der Waals surface area contributed by atoms with Gasteiger partial charge in [0, 0.05) is 57.9 Å². The van der Waals surface area contributed by atoms with Crippen LogP contribution in [0.5, 0.6) is 5.75 Å². The van der Waals surface area contributed by atoms with Crippen LogP contribution in [0.25, 0.3) is 16.6 Å². The van der Waals surface area contributed by atoms with Crippen LogP contribution < -0.4 is 20.3 Å². The van der Waals surface area contributed by atoms with E-state index < -0.39 is 0 Å². The number of nitrogens with zero attached hydrogens (tertiary/aromatic N) is 5. The second-order valence-electron chi connectivity index (χ2n) is 9.74. The highest BCUT2D eigenvalue weighted by molar-refractivity contribution is 5.98. The third-order valence-electron chi connectivity index (χ3n) is 7.58. The van der Waals surface area contributed by atoms with Crippen LogP contribution in [-0.2, 0) is 13.0 Å². The first-order chi connectivity index (χ1) is 19.1. The Bertz CT molecular complexity index is 1560. The van der Waals surface area contributed by atoms with Crippen LogP contribution >= 0.6 is 0 Å². The van der Waals surface area contributed by atoms with Crippen LogP contribution in [0, 0.1) is 0 Å². The number of carbonyl (C=O) groups is 2. The van der Waals surface area contributed by atoms with Crippen molar-refractivity contribution in [1.29, 1.82) is 0 Å². The molecule has 200 valence electrons. The lowest BCUT2D eigenvalue weighted by molar-refractivity contribution is 0.0949. The summed E-state index contributed by atoms with van der Waals surface area (Å²) < 4.78 is 8.12. The maximum Gasteiger partial charge on any atom is 0.271 e. The number of carbonyl (C=O) groups excluding carboxylic acids is 2. The van der Waals surface area contributed by atoms with Crippen molar-refractivity contribution in [2.45, 2.75) is 13.0 Å². The van der Waals surface area contributed by atoms with E-state index in [0.29, 0.717) is 18.0 Å². The number of imidazole rings is 1. The molecular weight excluding hydrogens is 494 g/mol. The minimum absolute atomic E-state index is 0.180. The molecule has 1 saturated heterocycles. The molecule has 10 nitrogen and oxygen atoms in total. The van der Waals surface area contributed by atoms with E-state index in [2.05, 4.69) is 42.5 Å². The quantitative estimate of drug-likeness (QED) is 0.398. The Morgan fingerprint density at radius 1 is 0.923 bits per heavy atom. The molecule has 2 N–H and O–H groups in total. The topological polar surface area (TPSA) is 105 Å². The van der Waals surface area contributed by atoms with Crippen molar-refractivity contribution in [2.75, 3.05) is 51.7 Å². The van der Waals surface area contributed by atoms with Gasteiger partial charge in [-0.05, 0) is 42.3 Å². The normalized spacial score (nSPS) is 14.9. The monoisotopic (exact) mass is 525 g/mol. The second-order valence-corrected chi connectivity index (χ2v) is 9.74. The summed E-state index contributed by atoms with van der Waals surface area (Å²) in [7, 11) is 3.22. The zero-order valence-electron chi connectivity index (χ0n) is 22.1. The van der Waals surface area contributed by atoms with Gasteiger partial charge in [-0.25, -0.2) is 9.97 Å². The number of ether oxygens (including phenoxy) is 1. The van der Waals surface area contributed by atoms with E-state index in [1.807, 2.05) is 34.9 Å². The standard InChI is InChI=1S/C29H31N7O3/c1-30-28(37)22-10-9-20-21(33-22)6-4-7-23(20)35-15-13-34(14-16-35)12-11-19-5-3-8-24-27(19)39-17-25-26(29(38)31-2)32-18-36(24)25/h3-10,18H,11-17H2,1-2H3,(H,30,37)(H,31,38). The minimum atomic E-state index is -0.209. The summed E-state index contributed by atoms with van der Waals surface area (Å²) in [5.41, 5.74) is 5.65. The Hall–Kier alpha value is -4.44. The van der Waals surface area contributed by atoms with Gasteiger partial charge < -0.3 is 20.3 Å². The van der Waals surface area contributed by atoms with Crippen LogP contribution in [-0.4, -0.2) is 78.1 Å². The number of anilines is 1. The molecule has 2 aromatic carbocycles. The number of nitrogens with one attached hydrogen (secondary N) is 2. The fourth-order valence-corrected chi connectivity index (χ4v) is 5.45. The van der Waals surface area contributed by atoms with Crippen molar-refractivity contribution in [3.05, 3.63) is 77.5 Å². The van der Waals surface area contributed by atoms with Gasteiger partial charge in [-0.3, -0.25) is 19.1 Å². The first-order valence-corrected chi connectivity index (χ1v) is 13.2. The number of piperazine rings is 1. The van der Waals surface area contributed by atoms with Gasteiger partial charge in [0.2, 0.25) is 0 Å². The summed E-state index contributed by atoms with van der Waals surface area (Å²) in [5, 5.41) is 6.34. The van der Waals surface area contributed by atoms with Gasteiger partial charge in [0.1, 0.15) is 24.4 Å². The number of para-hydroxylation sites is 1. The molecule has 39 heavy (non-hydrogen) atoms. The van der Waals surface area contributed by atoms with Gasteiger partial charge in [-0.2, -0.15) is 0 Å². The largest absolute Gasteiger partial charge is 0.485 e. The van der Waals surface area contributed by atoms with E-state index in [9.17, 15) is 9.59 Å². The van der Waals surface area contributed by atoms with Crippen molar-refractivity contribution in [3.63, 3.8) is 0 Å². The van der Waals surface area contributed by atoms with Crippen molar-refractivity contribution >= 4 is 28.4 Å². The van der Waals surface area contributed by atoms with Crippen molar-refractivity contribution in [1.82, 2.24) is 30.1 Å². The highest BCUT2D eigenvalue weighted by Crippen LogP contribution is 2.34. The molecule has 1 fully saturated rings. The highest BCUT2D eigenvalue weighted by Gasteiger charge is 2.26. The third-order valence-corrected chi connectivity index (χ3v) is 7.58. The molecule has 0 spiro atoms. The average Bonchev–Trinajstić information content (AvgIpc) is 3.43. The smallest absolute Gasteiger partial charge is 0.271 e. The van der Waals surface area contributed by atoms with Crippen molar-refractivity contribution < 1.29 is 14.3 Å². The van der Waals surface area contributed by atoms with Crippen LogP contribution in [0.4, 0.5) is 5.69 Å². The lowest BCUT2D eigenvalue weighted by Crippen LogP contribution is -2.47. The van der Waals surface area contributed by atoms with Crippen LogP contribution in [0.2, 0.25) is 0 Å². The van der Waals surface area contributed by atoms with Gasteiger partial charge >= 0.3 is 0 Å². The number of hydrogen-bond acceptors (Lipinski definition) is 7. The molecule has 0 saturated carbocycles. The van der Waals surface area contributed by atoms with Gasteiger partial charge in [0.05, 0.1) is 16.9 Å². The maximum atomic E-state index is 12.2. The summed E-state index contributed by atoms with van der Waals surface area (Å²) in [4.78, 5) is 37.9. The number of benzene rings is 2. The molecular formula is C29H31N7O3. The van der Waals surface area contributed by atoms with Crippen LogP contribution in [0.15, 0.2) is 54.9 Å². The molecule has 0 radical (unpaired) electrons. The Labute approximate surface area is 226 Å². The summed E-state index contributed by atoms with van der Waals surface area (Å²) in [6.45, 7) is 4.99. The molecule has 6 rings (SSSR count). The number of aromatic nitrogens is 3. The van der Waals surface area contributed by atoms with Crippen LogP contribution in [0.3, 0.4) is 0 Å². The zero-order valence-corrected chi connectivity index (χ0v) is 22.1. The predicted molar refractivity (Wildman–Crippen MR) is 149 cm³/mol. The van der Waals surface area contributed by atoms with Gasteiger partial charge in [0.15, 0.2) is 5.69 Å². The van der Waals surface area contributed by atoms with Crippen molar-refractivity contribution in [2.24, 2.45) is 0 Å². The number of rotatable bonds is 6. The maximum absolute atomic E-state index is 12.2. The molecule has 4 heterocycles. The summed E-state index contributed by atoms with van der Waals surface area (Å²) >= 11 is 0. The molecule has 0 aliphatic carbocycles. The van der Waals surface area contributed by atoms with Crippen LogP contribution in [0.1, 0.15) is 32.2 Å². The molecule has 4 aromatic rings. The lowest BCUT2D eigenvalue weighted by atomic mass is 10.1. The summed E-state index contributed by atoms with van der Waals surface area (Å²) in [6, 6.07) is 16.0. The van der Waals surface area contributed by atoms with E-state index in [-0.39, 0.29) is 11.8 Å². The van der Waals surface area contributed by atoms with E-state index in [4.69, 9.17) is 4.74 Å². The number of fused-ring (bicyclic) bond motifs is 4. The zero-order chi connectivity index (χ0) is 26.9. The van der Waals surface area contributed by atoms with Gasteiger partial charge in [0.25, 0.3) is 11.8 Å². The van der Waals surface area contributed by atoms with E-state index in [1.54, 1.807) is 26.5 Å². The van der Waals surface area contributed by atoms with E-state index in [0.717, 1.165) is 78.4 Å². The Morgan fingerprint density at radius 3 is 2.49 bits per heavy atom. The number of hydrogen-bond donors (Lipinski definition) is 2. The molecule has 2 amide bonds. The average molecular weight is 526 g/mol. The highest BCUT2D eigenvalue weighted by atomic mass is 16.5. The molecule has 2 aromatic heterocycles. The Kier molecular flexibility index (Phi) is 6.62. The lowest BCUT2D eigenvalue weighted by Gasteiger charge is -2.36. The summed E-state index contributed by atoms with van der Waals surface area (Å²) in [6.07, 6.45) is 2.57. The molecule has 0 unspecified atom stereocenters. The van der Waals surface area contributed by atoms with Crippen molar-refractivity contribution in [3.8, 4) is 11.4 Å². The second kappa shape index (κ2) is 10.4.